The molecule has 80 heavy (non-hydrogen) atoms. The standard InChI is InChI=1S/C74H140O6/c1-4-7-10-13-16-19-22-25-27-29-31-33-34-35-36-37-38-39-40-42-43-45-47-49-52-55-58-61-64-67-73(76)79-70-71(69-78-72(75)66-63-60-57-54-51-24-21-18-15-12-9-6-3)80-74(77)68-65-62-59-56-53-50-48-46-44-41-32-30-28-26-23-20-17-14-11-8-5-2/h23,26,30,32,71H,4-22,24-25,27-29,31,33-70H2,1-3H3/b26-23-,32-30-. The molecule has 0 radical (unpaired) electrons. The van der Waals surface area contributed by atoms with Gasteiger partial charge in [0.05, 0.1) is 0 Å². The van der Waals surface area contributed by atoms with Gasteiger partial charge in [0.2, 0.25) is 0 Å². The zero-order chi connectivity index (χ0) is 57.8. The van der Waals surface area contributed by atoms with Gasteiger partial charge in [-0.1, -0.05) is 366 Å². The van der Waals surface area contributed by atoms with Gasteiger partial charge in [-0.15, -0.1) is 0 Å². The molecule has 0 aromatic rings. The first-order valence-corrected chi connectivity index (χ1v) is 36.3. The zero-order valence-corrected chi connectivity index (χ0v) is 54.4. The van der Waals surface area contributed by atoms with Crippen LogP contribution < -0.4 is 0 Å². The maximum atomic E-state index is 12.9. The van der Waals surface area contributed by atoms with Gasteiger partial charge in [-0.3, -0.25) is 14.4 Å². The second-order valence-electron chi connectivity index (χ2n) is 24.9. The number of esters is 3. The molecule has 0 saturated carbocycles. The largest absolute Gasteiger partial charge is 0.462 e. The third-order valence-electron chi connectivity index (χ3n) is 16.7. The summed E-state index contributed by atoms with van der Waals surface area (Å²) >= 11 is 0. The summed E-state index contributed by atoms with van der Waals surface area (Å²) in [6.07, 6.45) is 85.1. The first-order chi connectivity index (χ1) is 39.5. The Kier molecular flexibility index (Phi) is 67.6. The average Bonchev–Trinajstić information content (AvgIpc) is 3.46. The van der Waals surface area contributed by atoms with E-state index < -0.39 is 6.10 Å². The summed E-state index contributed by atoms with van der Waals surface area (Å²) in [5, 5.41) is 0. The van der Waals surface area contributed by atoms with Crippen LogP contribution in [0.3, 0.4) is 0 Å². The van der Waals surface area contributed by atoms with Crippen LogP contribution in [0.4, 0.5) is 0 Å². The first kappa shape index (κ1) is 77.9. The van der Waals surface area contributed by atoms with Gasteiger partial charge in [-0.05, 0) is 51.4 Å². The van der Waals surface area contributed by atoms with Crippen LogP contribution in [-0.2, 0) is 28.6 Å². The fraction of sp³-hybridized carbons (Fsp3) is 0.905. The van der Waals surface area contributed by atoms with Crippen LogP contribution >= 0.6 is 0 Å². The molecule has 0 aliphatic rings. The van der Waals surface area contributed by atoms with E-state index in [9.17, 15) is 14.4 Å². The number of hydrogen-bond acceptors (Lipinski definition) is 6. The average molecular weight is 1130 g/mol. The Morgan fingerprint density at radius 2 is 0.450 bits per heavy atom. The maximum Gasteiger partial charge on any atom is 0.306 e. The van der Waals surface area contributed by atoms with Crippen LogP contribution in [-0.4, -0.2) is 37.2 Å². The predicted molar refractivity (Wildman–Crippen MR) is 349 cm³/mol. The van der Waals surface area contributed by atoms with Crippen molar-refractivity contribution in [2.45, 2.75) is 419 Å². The summed E-state index contributed by atoms with van der Waals surface area (Å²) in [7, 11) is 0. The van der Waals surface area contributed by atoms with Gasteiger partial charge in [-0.2, -0.15) is 0 Å². The highest BCUT2D eigenvalue weighted by Crippen LogP contribution is 2.19. The highest BCUT2D eigenvalue weighted by molar-refractivity contribution is 5.71. The Bertz CT molecular complexity index is 1290. The molecule has 0 aliphatic heterocycles. The molecule has 472 valence electrons. The summed E-state index contributed by atoms with van der Waals surface area (Å²) in [6.45, 7) is 6.71. The van der Waals surface area contributed by atoms with E-state index in [1.54, 1.807) is 0 Å². The first-order valence-electron chi connectivity index (χ1n) is 36.3. The van der Waals surface area contributed by atoms with Crippen molar-refractivity contribution in [3.63, 3.8) is 0 Å². The normalized spacial score (nSPS) is 12.1. The molecule has 0 bridgehead atoms. The van der Waals surface area contributed by atoms with Crippen LogP contribution in [0.2, 0.25) is 0 Å². The van der Waals surface area contributed by atoms with E-state index in [0.29, 0.717) is 19.3 Å². The van der Waals surface area contributed by atoms with Gasteiger partial charge >= 0.3 is 17.9 Å². The van der Waals surface area contributed by atoms with Gasteiger partial charge in [0.25, 0.3) is 0 Å². The summed E-state index contributed by atoms with van der Waals surface area (Å²) in [6, 6.07) is 0. The second-order valence-corrected chi connectivity index (χ2v) is 24.9. The molecule has 0 saturated heterocycles. The topological polar surface area (TPSA) is 78.9 Å². The van der Waals surface area contributed by atoms with E-state index in [4.69, 9.17) is 14.2 Å². The molecule has 0 N–H and O–H groups in total. The SMILES string of the molecule is CCCCCCC/C=C\C/C=C\CCCCCCCCCCCC(=O)OC(COC(=O)CCCCCCCCCCCCCC)COC(=O)CCCCCCCCCCCCCCCCCCCCCCCCCCCCCCC. The number of hydrogen-bond donors (Lipinski definition) is 0. The lowest BCUT2D eigenvalue weighted by Gasteiger charge is -2.18. The highest BCUT2D eigenvalue weighted by Gasteiger charge is 2.19. The molecule has 0 spiro atoms. The van der Waals surface area contributed by atoms with Gasteiger partial charge in [0, 0.05) is 19.3 Å². The van der Waals surface area contributed by atoms with E-state index in [2.05, 4.69) is 45.1 Å². The van der Waals surface area contributed by atoms with Gasteiger partial charge in [0.1, 0.15) is 13.2 Å². The third kappa shape index (κ3) is 66.7. The minimum Gasteiger partial charge on any atom is -0.462 e. The lowest BCUT2D eigenvalue weighted by atomic mass is 10.0. The number of unbranched alkanes of at least 4 members (excludes halogenated alkanes) is 53. The molecule has 1 unspecified atom stereocenters. The molecule has 0 aromatic carbocycles. The van der Waals surface area contributed by atoms with Crippen molar-refractivity contribution in [1.82, 2.24) is 0 Å². The summed E-state index contributed by atoms with van der Waals surface area (Å²) in [4.78, 5) is 38.4. The van der Waals surface area contributed by atoms with Crippen LogP contribution in [0.15, 0.2) is 24.3 Å². The fourth-order valence-electron chi connectivity index (χ4n) is 11.2. The Morgan fingerprint density at radius 1 is 0.250 bits per heavy atom. The molecule has 0 aromatic heterocycles. The molecule has 0 aliphatic carbocycles. The monoisotopic (exact) mass is 1130 g/mol. The van der Waals surface area contributed by atoms with Crippen molar-refractivity contribution in [2.24, 2.45) is 0 Å². The second kappa shape index (κ2) is 69.4. The maximum absolute atomic E-state index is 12.9. The van der Waals surface area contributed by atoms with E-state index in [1.807, 2.05) is 0 Å². The summed E-state index contributed by atoms with van der Waals surface area (Å²) in [5.74, 6) is -0.839. The molecular weight excluding hydrogens is 985 g/mol. The van der Waals surface area contributed by atoms with E-state index in [0.717, 1.165) is 64.2 Å². The van der Waals surface area contributed by atoms with Crippen molar-refractivity contribution in [2.75, 3.05) is 13.2 Å². The van der Waals surface area contributed by atoms with Crippen LogP contribution in [0, 0.1) is 0 Å². The Hall–Kier alpha value is -2.11. The Balaban J connectivity index is 4.15. The molecule has 6 heteroatoms. The fourth-order valence-corrected chi connectivity index (χ4v) is 11.2. The summed E-state index contributed by atoms with van der Waals surface area (Å²) < 4.78 is 17.0. The molecule has 1 atom stereocenters. The number of carbonyl (C=O) groups is 3. The lowest BCUT2D eigenvalue weighted by molar-refractivity contribution is -0.167. The number of allylic oxidation sites excluding steroid dienone is 4. The summed E-state index contributed by atoms with van der Waals surface area (Å²) in [5.41, 5.74) is 0. The minimum absolute atomic E-state index is 0.0665. The van der Waals surface area contributed by atoms with Crippen molar-refractivity contribution >= 4 is 17.9 Å². The van der Waals surface area contributed by atoms with Crippen LogP contribution in [0.25, 0.3) is 0 Å². The molecule has 6 nitrogen and oxygen atoms in total. The lowest BCUT2D eigenvalue weighted by Crippen LogP contribution is -2.30. The van der Waals surface area contributed by atoms with Crippen molar-refractivity contribution < 1.29 is 28.6 Å². The van der Waals surface area contributed by atoms with Crippen molar-refractivity contribution in [1.29, 1.82) is 0 Å². The molecule has 0 amide bonds. The number of carbonyl (C=O) groups excluding carboxylic acids is 3. The van der Waals surface area contributed by atoms with E-state index >= 15 is 0 Å². The van der Waals surface area contributed by atoms with Gasteiger partial charge in [0.15, 0.2) is 6.10 Å². The van der Waals surface area contributed by atoms with Crippen LogP contribution in [0.1, 0.15) is 412 Å². The zero-order valence-electron chi connectivity index (χ0n) is 54.4. The predicted octanol–water partition coefficient (Wildman–Crippen LogP) is 25.0. The highest BCUT2D eigenvalue weighted by atomic mass is 16.6. The van der Waals surface area contributed by atoms with Crippen molar-refractivity contribution in [3.8, 4) is 0 Å². The Labute approximate surface area is 500 Å². The van der Waals surface area contributed by atoms with Crippen LogP contribution in [0.5, 0.6) is 0 Å². The molecule has 0 rings (SSSR count). The molecule has 0 heterocycles. The minimum atomic E-state index is -0.770. The van der Waals surface area contributed by atoms with Crippen molar-refractivity contribution in [3.05, 3.63) is 24.3 Å². The van der Waals surface area contributed by atoms with Gasteiger partial charge < -0.3 is 14.2 Å². The quantitative estimate of drug-likeness (QED) is 0.0261. The number of ether oxygens (including phenoxy) is 3. The van der Waals surface area contributed by atoms with E-state index in [-0.39, 0.29) is 31.1 Å². The number of rotatable bonds is 68. The molecular formula is C74H140O6. The van der Waals surface area contributed by atoms with E-state index in [1.165, 1.54) is 308 Å². The Morgan fingerprint density at radius 3 is 0.688 bits per heavy atom. The third-order valence-corrected chi connectivity index (χ3v) is 16.7. The van der Waals surface area contributed by atoms with Gasteiger partial charge in [-0.25, -0.2) is 0 Å². The molecule has 0 fully saturated rings. The smallest absolute Gasteiger partial charge is 0.306 e.